The summed E-state index contributed by atoms with van der Waals surface area (Å²) in [5, 5.41) is 0. The summed E-state index contributed by atoms with van der Waals surface area (Å²) < 4.78 is 27.5. The fourth-order valence-electron chi connectivity index (χ4n) is 4.55. The smallest absolute Gasteiger partial charge is 0.334 e. The fourth-order valence-corrected chi connectivity index (χ4v) is 4.55. The van der Waals surface area contributed by atoms with E-state index in [9.17, 15) is 9.59 Å². The number of allylic oxidation sites excluding steroid dienone is 1. The van der Waals surface area contributed by atoms with Gasteiger partial charge in [0.25, 0.3) is 0 Å². The average molecular weight is 455 g/mol. The molecule has 1 aliphatic carbocycles. The van der Waals surface area contributed by atoms with Gasteiger partial charge in [0.15, 0.2) is 0 Å². The highest BCUT2D eigenvalue weighted by atomic mass is 16.6. The van der Waals surface area contributed by atoms with Crippen LogP contribution in [0.3, 0.4) is 0 Å². The molecular weight excluding hydrogens is 424 g/mol. The second-order valence-electron chi connectivity index (χ2n) is 8.88. The van der Waals surface area contributed by atoms with Crippen LogP contribution in [0.5, 0.6) is 11.5 Å². The maximum atomic E-state index is 12.3. The minimum atomic E-state index is -0.436. The maximum Gasteiger partial charge on any atom is 0.334 e. The van der Waals surface area contributed by atoms with Crippen LogP contribution >= 0.6 is 0 Å². The van der Waals surface area contributed by atoms with E-state index in [1.54, 1.807) is 38.5 Å². The van der Waals surface area contributed by atoms with Crippen molar-refractivity contribution in [2.45, 2.75) is 50.4 Å². The molecule has 2 aliphatic heterocycles. The summed E-state index contributed by atoms with van der Waals surface area (Å²) in [6.07, 6.45) is 7.85. The van der Waals surface area contributed by atoms with E-state index in [0.29, 0.717) is 29.9 Å². The predicted octanol–water partition coefficient (Wildman–Crippen LogP) is 4.02. The number of fused-ring (bicyclic) bond motifs is 3. The topological polar surface area (TPSA) is 83.6 Å². The summed E-state index contributed by atoms with van der Waals surface area (Å²) >= 11 is 0. The van der Waals surface area contributed by atoms with Gasteiger partial charge >= 0.3 is 11.9 Å². The van der Waals surface area contributed by atoms with E-state index < -0.39 is 5.97 Å². The molecule has 0 N–H and O–H groups in total. The molecule has 0 saturated carbocycles. The molecule has 7 nitrogen and oxygen atoms in total. The van der Waals surface area contributed by atoms with Crippen molar-refractivity contribution in [2.75, 3.05) is 20.8 Å². The van der Waals surface area contributed by atoms with E-state index in [1.807, 2.05) is 0 Å². The van der Waals surface area contributed by atoms with Gasteiger partial charge in [-0.1, -0.05) is 12.7 Å². The molecule has 0 spiro atoms. The Hall–Kier alpha value is -3.06. The molecule has 7 heteroatoms. The van der Waals surface area contributed by atoms with E-state index in [2.05, 4.69) is 19.6 Å². The van der Waals surface area contributed by atoms with Crippen LogP contribution in [0.1, 0.15) is 38.2 Å². The third kappa shape index (κ3) is 5.14. The first-order valence-electron chi connectivity index (χ1n) is 11.2. The largest absolute Gasteiger partial charge is 0.497 e. The molecule has 4 rings (SSSR count). The van der Waals surface area contributed by atoms with Gasteiger partial charge < -0.3 is 23.7 Å². The van der Waals surface area contributed by atoms with Crippen LogP contribution in [0, 0.1) is 5.92 Å². The van der Waals surface area contributed by atoms with Gasteiger partial charge in [-0.25, -0.2) is 9.59 Å². The number of benzene rings is 1. The van der Waals surface area contributed by atoms with E-state index >= 15 is 0 Å². The molecule has 2 fully saturated rings. The minimum Gasteiger partial charge on any atom is -0.497 e. The lowest BCUT2D eigenvalue weighted by Crippen LogP contribution is -2.29. The van der Waals surface area contributed by atoms with Crippen LogP contribution in [-0.2, 0) is 23.8 Å². The van der Waals surface area contributed by atoms with Crippen LogP contribution in [0.2, 0.25) is 0 Å². The molecule has 2 heterocycles. The van der Waals surface area contributed by atoms with Crippen LogP contribution < -0.4 is 9.47 Å². The Morgan fingerprint density at radius 1 is 1.24 bits per heavy atom. The van der Waals surface area contributed by atoms with Gasteiger partial charge in [-0.2, -0.15) is 0 Å². The van der Waals surface area contributed by atoms with E-state index in [0.717, 1.165) is 24.0 Å². The molecule has 3 aliphatic rings. The average Bonchev–Trinajstić information content (AvgIpc) is 3.40. The highest BCUT2D eigenvalue weighted by Gasteiger charge is 2.61. The zero-order chi connectivity index (χ0) is 23.6. The lowest BCUT2D eigenvalue weighted by Gasteiger charge is -2.20. The standard InChI is InChI=1S/C26H30O7/c1-16-21-9-7-17(6-5-11-26(2)24(33-26)23(21)32-25(16)28)15-31-22(27)10-8-18-12-19(29-3)14-20(13-18)30-4/h6,8,10,12-14,21,23-24H,1,5,7,9,11,15H2,2-4H3/b10-8+,17-6+/t21-,23-,24-,26+/m0/s1. The highest BCUT2D eigenvalue weighted by molar-refractivity contribution is 5.91. The van der Waals surface area contributed by atoms with Crippen molar-refractivity contribution in [1.82, 2.24) is 0 Å². The number of methoxy groups -OCH3 is 2. The van der Waals surface area contributed by atoms with Crippen molar-refractivity contribution >= 4 is 18.0 Å². The van der Waals surface area contributed by atoms with Crippen molar-refractivity contribution in [3.05, 3.63) is 53.6 Å². The molecule has 0 unspecified atom stereocenters. The predicted molar refractivity (Wildman–Crippen MR) is 122 cm³/mol. The van der Waals surface area contributed by atoms with E-state index in [4.69, 9.17) is 23.7 Å². The summed E-state index contributed by atoms with van der Waals surface area (Å²) in [7, 11) is 3.15. The third-order valence-corrected chi connectivity index (χ3v) is 6.62. The monoisotopic (exact) mass is 454 g/mol. The lowest BCUT2D eigenvalue weighted by molar-refractivity contribution is -0.140. The van der Waals surface area contributed by atoms with Gasteiger partial charge in [-0.3, -0.25) is 0 Å². The normalized spacial score (nSPS) is 30.5. The van der Waals surface area contributed by atoms with Crippen LogP contribution in [0.15, 0.2) is 48.1 Å². The van der Waals surface area contributed by atoms with E-state index in [1.165, 1.54) is 6.08 Å². The van der Waals surface area contributed by atoms with Gasteiger partial charge in [0.1, 0.15) is 30.3 Å². The van der Waals surface area contributed by atoms with Gasteiger partial charge in [0.2, 0.25) is 0 Å². The van der Waals surface area contributed by atoms with Crippen LogP contribution in [0.4, 0.5) is 0 Å². The highest BCUT2D eigenvalue weighted by Crippen LogP contribution is 2.49. The lowest BCUT2D eigenvalue weighted by atomic mass is 9.84. The molecule has 2 saturated heterocycles. The first kappa shape index (κ1) is 23.1. The Balaban J connectivity index is 1.38. The molecule has 0 aromatic heterocycles. The summed E-state index contributed by atoms with van der Waals surface area (Å²) in [5.41, 5.74) is 2.01. The zero-order valence-corrected chi connectivity index (χ0v) is 19.3. The number of carbonyl (C=O) groups is 2. The Morgan fingerprint density at radius 3 is 2.67 bits per heavy atom. The molecule has 176 valence electrons. The van der Waals surface area contributed by atoms with Crippen molar-refractivity contribution in [1.29, 1.82) is 0 Å². The number of epoxide rings is 1. The number of hydrogen-bond acceptors (Lipinski definition) is 7. The third-order valence-electron chi connectivity index (χ3n) is 6.62. The summed E-state index contributed by atoms with van der Waals surface area (Å²) in [5.74, 6) is 0.426. The number of ether oxygens (including phenoxy) is 5. The minimum absolute atomic E-state index is 0.0705. The molecule has 1 aromatic rings. The molecule has 1 aromatic carbocycles. The van der Waals surface area contributed by atoms with Crippen molar-refractivity contribution in [2.24, 2.45) is 5.92 Å². The molecule has 0 radical (unpaired) electrons. The second kappa shape index (κ2) is 9.43. The molecule has 33 heavy (non-hydrogen) atoms. The first-order chi connectivity index (χ1) is 15.8. The maximum absolute atomic E-state index is 12.3. The second-order valence-corrected chi connectivity index (χ2v) is 8.88. The first-order valence-corrected chi connectivity index (χ1v) is 11.2. The van der Waals surface area contributed by atoms with Crippen LogP contribution in [-0.4, -0.2) is 50.6 Å². The fraction of sp³-hybridized carbons (Fsp3) is 0.462. The van der Waals surface area contributed by atoms with Gasteiger partial charge in [-0.15, -0.1) is 0 Å². The Morgan fingerprint density at radius 2 is 1.97 bits per heavy atom. The van der Waals surface area contributed by atoms with Crippen LogP contribution in [0.25, 0.3) is 6.08 Å². The zero-order valence-electron chi connectivity index (χ0n) is 19.3. The molecule has 0 bridgehead atoms. The van der Waals surface area contributed by atoms with Crippen molar-refractivity contribution < 1.29 is 33.3 Å². The Kier molecular flexibility index (Phi) is 6.61. The van der Waals surface area contributed by atoms with Crippen molar-refractivity contribution in [3.63, 3.8) is 0 Å². The summed E-state index contributed by atoms with van der Waals surface area (Å²) in [6.45, 7) is 6.19. The van der Waals surface area contributed by atoms with Gasteiger partial charge in [0.05, 0.1) is 19.8 Å². The molecule has 0 amide bonds. The quantitative estimate of drug-likeness (QED) is 0.278. The number of esters is 2. The Bertz CT molecular complexity index is 986. The number of hydrogen-bond donors (Lipinski definition) is 0. The Labute approximate surface area is 194 Å². The molecular formula is C26H30O7. The van der Waals surface area contributed by atoms with Gasteiger partial charge in [-0.05, 0) is 62.0 Å². The van der Waals surface area contributed by atoms with Gasteiger partial charge in [0, 0.05) is 23.6 Å². The summed E-state index contributed by atoms with van der Waals surface area (Å²) in [4.78, 5) is 24.4. The van der Waals surface area contributed by atoms with Crippen molar-refractivity contribution in [3.8, 4) is 11.5 Å². The van der Waals surface area contributed by atoms with E-state index in [-0.39, 0.29) is 36.3 Å². The number of carbonyl (C=O) groups excluding carboxylic acids is 2. The molecule has 4 atom stereocenters. The summed E-state index contributed by atoms with van der Waals surface area (Å²) in [6, 6.07) is 5.37. The number of rotatable bonds is 6. The SMILES string of the molecule is C=C1C(=O)O[C@H]2[C@H]1CC/C(COC(=O)/C=C/c1cc(OC)cc(OC)c1)=C\CC[C@@]1(C)O[C@@H]21.